The van der Waals surface area contributed by atoms with Gasteiger partial charge in [0.05, 0.1) is 15.9 Å². The maximum atomic E-state index is 11.1. The van der Waals surface area contributed by atoms with Crippen molar-refractivity contribution >= 4 is 35.2 Å². The van der Waals surface area contributed by atoms with Crippen LogP contribution in [0.4, 0.5) is 17.1 Å². The number of aliphatic carboxylic acids is 1. The first-order valence-corrected chi connectivity index (χ1v) is 5.52. The van der Waals surface area contributed by atoms with Crippen LogP contribution < -0.4 is 10.7 Å². The van der Waals surface area contributed by atoms with Crippen molar-refractivity contribution in [3.63, 3.8) is 0 Å². The summed E-state index contributed by atoms with van der Waals surface area (Å²) in [5, 5.41) is 35.1. The molecule has 0 saturated carbocycles. The van der Waals surface area contributed by atoms with Crippen LogP contribution in [0.25, 0.3) is 0 Å². The molecule has 22 heavy (non-hydrogen) atoms. The zero-order valence-electron chi connectivity index (χ0n) is 10.8. The fourth-order valence-corrected chi connectivity index (χ4v) is 1.25. The van der Waals surface area contributed by atoms with Gasteiger partial charge >= 0.3 is 11.7 Å². The van der Waals surface area contributed by atoms with Crippen molar-refractivity contribution in [1.29, 1.82) is 0 Å². The van der Waals surface area contributed by atoms with E-state index >= 15 is 0 Å². The number of hydrazone groups is 1. The first kappa shape index (κ1) is 16.5. The summed E-state index contributed by atoms with van der Waals surface area (Å²) in [6, 6.07) is 2.82. The number of nitrogens with one attached hydrogen (secondary N) is 2. The SMILES string of the molecule is O=C(O)CNC(=O)C=NNc1ccc([N+](=O)[O-])cc1[N+](=O)[O-]. The minimum Gasteiger partial charge on any atom is -0.480 e. The van der Waals surface area contributed by atoms with Gasteiger partial charge in [0, 0.05) is 6.07 Å². The van der Waals surface area contributed by atoms with E-state index in [4.69, 9.17) is 5.11 Å². The van der Waals surface area contributed by atoms with Gasteiger partial charge in [0.2, 0.25) is 0 Å². The normalized spacial score (nSPS) is 10.2. The summed E-state index contributed by atoms with van der Waals surface area (Å²) in [4.78, 5) is 41.0. The minimum absolute atomic E-state index is 0.169. The predicted molar refractivity (Wildman–Crippen MR) is 72.5 cm³/mol. The van der Waals surface area contributed by atoms with E-state index < -0.39 is 39.6 Å². The second kappa shape index (κ2) is 7.28. The van der Waals surface area contributed by atoms with Crippen LogP contribution in [-0.4, -0.2) is 39.6 Å². The third kappa shape index (κ3) is 4.84. The molecule has 0 fully saturated rings. The van der Waals surface area contributed by atoms with Crippen LogP contribution in [0, 0.1) is 20.2 Å². The van der Waals surface area contributed by atoms with Gasteiger partial charge in [0.15, 0.2) is 0 Å². The van der Waals surface area contributed by atoms with Gasteiger partial charge in [-0.15, -0.1) is 0 Å². The molecule has 12 nitrogen and oxygen atoms in total. The van der Waals surface area contributed by atoms with Crippen LogP contribution in [0.5, 0.6) is 0 Å². The van der Waals surface area contributed by atoms with Crippen molar-refractivity contribution in [3.8, 4) is 0 Å². The standard InChI is InChI=1S/C10H9N5O7/c16-9(11-5-10(17)18)4-12-13-7-2-1-6(14(19)20)3-8(7)15(21)22/h1-4,13H,5H2,(H,11,16)(H,17,18). The van der Waals surface area contributed by atoms with Crippen LogP contribution in [0.1, 0.15) is 0 Å². The highest BCUT2D eigenvalue weighted by atomic mass is 16.6. The van der Waals surface area contributed by atoms with Gasteiger partial charge in [-0.1, -0.05) is 0 Å². The smallest absolute Gasteiger partial charge is 0.322 e. The van der Waals surface area contributed by atoms with E-state index in [0.29, 0.717) is 6.21 Å². The third-order valence-electron chi connectivity index (χ3n) is 2.17. The molecule has 0 saturated heterocycles. The number of carboxylic acid groups (broad SMARTS) is 1. The Morgan fingerprint density at radius 2 is 1.95 bits per heavy atom. The van der Waals surface area contributed by atoms with E-state index in [9.17, 15) is 29.8 Å². The lowest BCUT2D eigenvalue weighted by Crippen LogP contribution is -2.30. The second-order valence-corrected chi connectivity index (χ2v) is 3.70. The molecule has 0 aliphatic carbocycles. The van der Waals surface area contributed by atoms with E-state index in [0.717, 1.165) is 18.2 Å². The Kier molecular flexibility index (Phi) is 5.45. The summed E-state index contributed by atoms with van der Waals surface area (Å²) in [5.74, 6) is -2.08. The highest BCUT2D eigenvalue weighted by molar-refractivity contribution is 6.26. The van der Waals surface area contributed by atoms with Crippen molar-refractivity contribution in [1.82, 2.24) is 5.32 Å². The second-order valence-electron chi connectivity index (χ2n) is 3.70. The van der Waals surface area contributed by atoms with Gasteiger partial charge in [-0.05, 0) is 6.07 Å². The summed E-state index contributed by atoms with van der Waals surface area (Å²) in [7, 11) is 0. The van der Waals surface area contributed by atoms with Crippen LogP contribution in [-0.2, 0) is 9.59 Å². The fraction of sp³-hybridized carbons (Fsp3) is 0.100. The monoisotopic (exact) mass is 311 g/mol. The van der Waals surface area contributed by atoms with Gasteiger partial charge in [-0.2, -0.15) is 5.10 Å². The Morgan fingerprint density at radius 3 is 2.50 bits per heavy atom. The molecule has 0 spiro atoms. The number of hydrogen-bond donors (Lipinski definition) is 3. The number of rotatable bonds is 7. The van der Waals surface area contributed by atoms with Crippen LogP contribution in [0.2, 0.25) is 0 Å². The molecule has 1 amide bonds. The van der Waals surface area contributed by atoms with Crippen molar-refractivity contribution in [2.24, 2.45) is 5.10 Å². The highest BCUT2D eigenvalue weighted by Gasteiger charge is 2.19. The quantitative estimate of drug-likeness (QED) is 0.360. The summed E-state index contributed by atoms with van der Waals surface area (Å²) in [5.41, 5.74) is 0.936. The van der Waals surface area contributed by atoms with E-state index in [-0.39, 0.29) is 5.69 Å². The molecule has 0 aliphatic heterocycles. The zero-order chi connectivity index (χ0) is 16.7. The lowest BCUT2D eigenvalue weighted by molar-refractivity contribution is -0.393. The van der Waals surface area contributed by atoms with Crippen molar-refractivity contribution < 1.29 is 24.5 Å². The van der Waals surface area contributed by atoms with Gasteiger partial charge in [-0.3, -0.25) is 35.2 Å². The van der Waals surface area contributed by atoms with Crippen molar-refractivity contribution in [2.45, 2.75) is 0 Å². The molecular formula is C10H9N5O7. The predicted octanol–water partition coefficient (Wildman–Crippen LogP) is 0.101. The summed E-state index contributed by atoms with van der Waals surface area (Å²) in [6.07, 6.45) is 0.675. The molecule has 0 unspecified atom stereocenters. The third-order valence-corrected chi connectivity index (χ3v) is 2.17. The van der Waals surface area contributed by atoms with Crippen LogP contribution in [0.15, 0.2) is 23.3 Å². The number of nitrogens with zero attached hydrogens (tertiary/aromatic N) is 3. The summed E-state index contributed by atoms with van der Waals surface area (Å²) in [6.45, 7) is -0.609. The first-order valence-electron chi connectivity index (χ1n) is 5.52. The van der Waals surface area contributed by atoms with E-state index in [1.54, 1.807) is 0 Å². The number of carboxylic acids is 1. The first-order chi connectivity index (χ1) is 10.3. The van der Waals surface area contributed by atoms with Crippen molar-refractivity contribution in [3.05, 3.63) is 38.4 Å². The maximum Gasteiger partial charge on any atom is 0.322 e. The maximum absolute atomic E-state index is 11.1. The molecule has 0 aliphatic rings. The van der Waals surface area contributed by atoms with Gasteiger partial charge < -0.3 is 10.4 Å². The van der Waals surface area contributed by atoms with E-state index in [2.05, 4.69) is 10.5 Å². The van der Waals surface area contributed by atoms with Gasteiger partial charge in [0.1, 0.15) is 18.4 Å². The molecule has 0 aromatic heterocycles. The van der Waals surface area contributed by atoms with Crippen LogP contribution >= 0.6 is 0 Å². The number of hydrogen-bond acceptors (Lipinski definition) is 8. The molecule has 0 heterocycles. The number of amides is 1. The summed E-state index contributed by atoms with van der Waals surface area (Å²) < 4.78 is 0. The molecule has 0 radical (unpaired) electrons. The zero-order valence-corrected chi connectivity index (χ0v) is 10.8. The average molecular weight is 311 g/mol. The molecule has 0 atom stereocenters. The Bertz CT molecular complexity index is 657. The van der Waals surface area contributed by atoms with Crippen molar-refractivity contribution in [2.75, 3.05) is 12.0 Å². The molecule has 1 aromatic carbocycles. The number of carbonyl (C=O) groups excluding carboxylic acids is 1. The van der Waals surface area contributed by atoms with Gasteiger partial charge in [-0.25, -0.2) is 0 Å². The fourth-order valence-electron chi connectivity index (χ4n) is 1.25. The Labute approximate surface area is 121 Å². The number of non-ortho nitro benzene ring substituents is 1. The van der Waals surface area contributed by atoms with Gasteiger partial charge in [0.25, 0.3) is 11.6 Å². The lowest BCUT2D eigenvalue weighted by Gasteiger charge is -2.01. The Balaban J connectivity index is 2.81. The average Bonchev–Trinajstić information content (AvgIpc) is 2.44. The summed E-state index contributed by atoms with van der Waals surface area (Å²) >= 11 is 0. The molecule has 12 heteroatoms. The molecular weight excluding hydrogens is 302 g/mol. The molecule has 0 bridgehead atoms. The number of nitro benzene ring substituents is 2. The highest BCUT2D eigenvalue weighted by Crippen LogP contribution is 2.28. The largest absolute Gasteiger partial charge is 0.480 e. The van der Waals surface area contributed by atoms with E-state index in [1.807, 2.05) is 5.32 Å². The van der Waals surface area contributed by atoms with Crippen LogP contribution in [0.3, 0.4) is 0 Å². The number of anilines is 1. The topological polar surface area (TPSA) is 177 Å². The molecule has 1 aromatic rings. The molecule has 116 valence electrons. The molecule has 1 rings (SSSR count). The number of carbonyl (C=O) groups is 2. The minimum atomic E-state index is -1.25. The molecule has 3 N–H and O–H groups in total. The number of nitro groups is 2. The lowest BCUT2D eigenvalue weighted by atomic mass is 10.2. The Hall–Kier alpha value is -3.57. The Morgan fingerprint density at radius 1 is 1.27 bits per heavy atom. The number of benzene rings is 1. The van der Waals surface area contributed by atoms with E-state index in [1.165, 1.54) is 0 Å².